The van der Waals surface area contributed by atoms with E-state index < -0.39 is 6.10 Å². The van der Waals surface area contributed by atoms with Crippen LogP contribution in [0.3, 0.4) is 0 Å². The third kappa shape index (κ3) is 3.49. The molecule has 1 amide bonds. The Morgan fingerprint density at radius 2 is 2.04 bits per heavy atom. The number of aliphatic hydroxyl groups excluding tert-OH is 1. The van der Waals surface area contributed by atoms with Crippen molar-refractivity contribution in [1.29, 1.82) is 0 Å². The summed E-state index contributed by atoms with van der Waals surface area (Å²) in [5, 5.41) is 9.72. The second-order valence-electron chi connectivity index (χ2n) is 6.39. The Kier molecular flexibility index (Phi) is 5.26. The Labute approximate surface area is 142 Å². The van der Waals surface area contributed by atoms with Crippen LogP contribution in [0, 0.1) is 5.92 Å². The highest BCUT2D eigenvalue weighted by molar-refractivity contribution is 5.77. The number of hydrogen-bond acceptors (Lipinski definition) is 5. The molecule has 2 fully saturated rings. The molecule has 0 radical (unpaired) electrons. The fraction of sp³-hybridized carbons (Fsp3) is 0.611. The topological polar surface area (TPSA) is 68.2 Å². The minimum Gasteiger partial charge on any atom is -0.493 e. The highest BCUT2D eigenvalue weighted by Gasteiger charge is 2.38. The first kappa shape index (κ1) is 17.0. The molecule has 1 aliphatic carbocycles. The zero-order valence-corrected chi connectivity index (χ0v) is 14.2. The van der Waals surface area contributed by atoms with Crippen molar-refractivity contribution in [3.05, 3.63) is 23.8 Å². The third-order valence-corrected chi connectivity index (χ3v) is 4.76. The number of nitrogens with zero attached hydrogens (tertiary/aromatic N) is 1. The lowest BCUT2D eigenvalue weighted by atomic mass is 9.97. The summed E-state index contributed by atoms with van der Waals surface area (Å²) in [5.41, 5.74) is 0.885. The molecule has 24 heavy (non-hydrogen) atoms. The minimum atomic E-state index is -0.431. The summed E-state index contributed by atoms with van der Waals surface area (Å²) < 4.78 is 16.4. The van der Waals surface area contributed by atoms with E-state index in [1.807, 2.05) is 23.1 Å². The molecule has 1 aromatic rings. The lowest BCUT2D eigenvalue weighted by Crippen LogP contribution is -2.49. The van der Waals surface area contributed by atoms with Crippen molar-refractivity contribution in [2.24, 2.45) is 5.92 Å². The lowest BCUT2D eigenvalue weighted by Gasteiger charge is -2.41. The fourth-order valence-corrected chi connectivity index (χ4v) is 3.28. The molecule has 1 aliphatic heterocycles. The molecule has 6 nitrogen and oxygen atoms in total. The molecule has 3 rings (SSSR count). The van der Waals surface area contributed by atoms with E-state index in [0.29, 0.717) is 37.0 Å². The van der Waals surface area contributed by atoms with Crippen LogP contribution in [0.2, 0.25) is 0 Å². The second-order valence-corrected chi connectivity index (χ2v) is 6.39. The normalized spacial score (nSPS) is 23.9. The summed E-state index contributed by atoms with van der Waals surface area (Å²) in [7, 11) is 3.17. The van der Waals surface area contributed by atoms with Crippen LogP contribution >= 0.6 is 0 Å². The summed E-state index contributed by atoms with van der Waals surface area (Å²) in [4.78, 5) is 14.6. The highest BCUT2D eigenvalue weighted by atomic mass is 16.5. The maximum absolute atomic E-state index is 12.7. The molecule has 1 saturated carbocycles. The Morgan fingerprint density at radius 1 is 1.29 bits per heavy atom. The van der Waals surface area contributed by atoms with Gasteiger partial charge in [-0.15, -0.1) is 0 Å². The van der Waals surface area contributed by atoms with E-state index in [4.69, 9.17) is 14.2 Å². The zero-order chi connectivity index (χ0) is 17.1. The Hall–Kier alpha value is -1.79. The van der Waals surface area contributed by atoms with Crippen LogP contribution in [0.15, 0.2) is 18.2 Å². The number of morpholine rings is 1. The minimum absolute atomic E-state index is 0.133. The van der Waals surface area contributed by atoms with Gasteiger partial charge in [-0.25, -0.2) is 0 Å². The maximum atomic E-state index is 12.7. The van der Waals surface area contributed by atoms with Gasteiger partial charge in [0.15, 0.2) is 11.5 Å². The molecule has 2 aliphatic rings. The van der Waals surface area contributed by atoms with Gasteiger partial charge in [0.2, 0.25) is 5.91 Å². The predicted octanol–water partition coefficient (Wildman–Crippen LogP) is 1.76. The predicted molar refractivity (Wildman–Crippen MR) is 88.2 cm³/mol. The number of methoxy groups -OCH3 is 2. The van der Waals surface area contributed by atoms with Crippen LogP contribution < -0.4 is 9.47 Å². The number of carbonyl (C=O) groups is 1. The van der Waals surface area contributed by atoms with E-state index in [0.717, 1.165) is 18.4 Å². The summed E-state index contributed by atoms with van der Waals surface area (Å²) in [6, 6.07) is 5.27. The molecule has 1 N–H and O–H groups in total. The van der Waals surface area contributed by atoms with Crippen molar-refractivity contribution in [1.82, 2.24) is 4.90 Å². The van der Waals surface area contributed by atoms with Gasteiger partial charge in [0.1, 0.15) is 6.10 Å². The summed E-state index contributed by atoms with van der Waals surface area (Å²) in [5.74, 6) is 1.90. The average Bonchev–Trinajstić information content (AvgIpc) is 3.44. The number of hydrogen-bond donors (Lipinski definition) is 1. The van der Waals surface area contributed by atoms with Crippen LogP contribution in [-0.2, 0) is 9.53 Å². The van der Waals surface area contributed by atoms with Crippen LogP contribution in [0.5, 0.6) is 11.5 Å². The van der Waals surface area contributed by atoms with Crippen molar-refractivity contribution in [2.45, 2.75) is 31.4 Å². The van der Waals surface area contributed by atoms with E-state index in [9.17, 15) is 9.90 Å². The number of aliphatic hydroxyl groups is 1. The number of carbonyl (C=O) groups excluding carboxylic acids is 1. The molecule has 1 saturated heterocycles. The van der Waals surface area contributed by atoms with E-state index in [1.165, 1.54) is 0 Å². The van der Waals surface area contributed by atoms with Gasteiger partial charge in [0, 0.05) is 13.0 Å². The molecule has 1 aromatic carbocycles. The summed E-state index contributed by atoms with van der Waals surface area (Å²) in [6.45, 7) is 0.860. The molecule has 6 heteroatoms. The zero-order valence-electron chi connectivity index (χ0n) is 14.2. The summed E-state index contributed by atoms with van der Waals surface area (Å²) in [6.07, 6.45) is 2.43. The van der Waals surface area contributed by atoms with Crippen LogP contribution in [0.25, 0.3) is 0 Å². The first-order valence-corrected chi connectivity index (χ1v) is 8.41. The first-order chi connectivity index (χ1) is 11.7. The van der Waals surface area contributed by atoms with Gasteiger partial charge >= 0.3 is 0 Å². The van der Waals surface area contributed by atoms with Crippen molar-refractivity contribution in [2.75, 3.05) is 34.0 Å². The van der Waals surface area contributed by atoms with Crippen molar-refractivity contribution in [3.8, 4) is 11.5 Å². The molecule has 0 unspecified atom stereocenters. The highest BCUT2D eigenvalue weighted by Crippen LogP contribution is 2.38. The smallest absolute Gasteiger partial charge is 0.223 e. The summed E-state index contributed by atoms with van der Waals surface area (Å²) >= 11 is 0. The van der Waals surface area contributed by atoms with E-state index in [1.54, 1.807) is 14.2 Å². The van der Waals surface area contributed by atoms with Gasteiger partial charge in [-0.1, -0.05) is 6.07 Å². The van der Waals surface area contributed by atoms with E-state index >= 15 is 0 Å². The molecule has 1 heterocycles. The van der Waals surface area contributed by atoms with Crippen LogP contribution in [0.1, 0.15) is 30.9 Å². The Bertz CT molecular complexity index is 587. The SMILES string of the molecule is COc1ccc([C@@H]2[C@@H](CO)OCCN2C(=O)CC2CC2)cc1OC. The van der Waals surface area contributed by atoms with Gasteiger partial charge in [-0.05, 0) is 36.5 Å². The third-order valence-electron chi connectivity index (χ3n) is 4.76. The van der Waals surface area contributed by atoms with Gasteiger partial charge in [0.25, 0.3) is 0 Å². The quantitative estimate of drug-likeness (QED) is 0.858. The van der Waals surface area contributed by atoms with Gasteiger partial charge in [-0.2, -0.15) is 0 Å². The lowest BCUT2D eigenvalue weighted by molar-refractivity contribution is -0.150. The van der Waals surface area contributed by atoms with E-state index in [-0.39, 0.29) is 18.6 Å². The molecule has 0 spiro atoms. The molecular formula is C18H25NO5. The molecule has 132 valence electrons. The number of amides is 1. The molecule has 0 bridgehead atoms. The van der Waals surface area contributed by atoms with Gasteiger partial charge in [0.05, 0.1) is 33.5 Å². The maximum Gasteiger partial charge on any atom is 0.223 e. The first-order valence-electron chi connectivity index (χ1n) is 8.41. The largest absolute Gasteiger partial charge is 0.493 e. The van der Waals surface area contributed by atoms with E-state index in [2.05, 4.69) is 0 Å². The van der Waals surface area contributed by atoms with Crippen molar-refractivity contribution >= 4 is 5.91 Å². The molecule has 0 aromatic heterocycles. The second kappa shape index (κ2) is 7.40. The van der Waals surface area contributed by atoms with Crippen LogP contribution in [-0.4, -0.2) is 56.0 Å². The number of rotatable bonds is 6. The standard InChI is InChI=1S/C18H25NO5/c1-22-14-6-5-13(10-15(14)23-2)18-16(11-20)24-8-7-19(18)17(21)9-12-3-4-12/h5-6,10,12,16,18,20H,3-4,7-9,11H2,1-2H3/t16-,18-/m1/s1. The van der Waals surface area contributed by atoms with Crippen molar-refractivity contribution < 1.29 is 24.1 Å². The number of benzene rings is 1. The fourth-order valence-electron chi connectivity index (χ4n) is 3.28. The number of ether oxygens (including phenoxy) is 3. The monoisotopic (exact) mass is 335 g/mol. The van der Waals surface area contributed by atoms with Crippen LogP contribution in [0.4, 0.5) is 0 Å². The Morgan fingerprint density at radius 3 is 2.67 bits per heavy atom. The average molecular weight is 335 g/mol. The molecule has 2 atom stereocenters. The molecular weight excluding hydrogens is 310 g/mol. The van der Waals surface area contributed by atoms with Gasteiger partial charge in [-0.3, -0.25) is 4.79 Å². The Balaban J connectivity index is 1.90. The van der Waals surface area contributed by atoms with Gasteiger partial charge < -0.3 is 24.2 Å². The van der Waals surface area contributed by atoms with Crippen molar-refractivity contribution in [3.63, 3.8) is 0 Å².